The molecule has 0 unspecified atom stereocenters. The van der Waals surface area contributed by atoms with Crippen LogP contribution in [0.5, 0.6) is 0 Å². The maximum atomic E-state index is 13.2. The number of ketones is 1. The highest BCUT2D eigenvalue weighted by Gasteiger charge is 2.53. The predicted octanol–water partition coefficient (Wildman–Crippen LogP) is 2.64. The Kier molecular flexibility index (Phi) is 5.49. The van der Waals surface area contributed by atoms with E-state index in [1.54, 1.807) is 6.08 Å². The molecule has 29 heavy (non-hydrogen) atoms. The van der Waals surface area contributed by atoms with Crippen LogP contribution in [0.25, 0.3) is 6.08 Å². The first-order valence-corrected chi connectivity index (χ1v) is 10.1. The summed E-state index contributed by atoms with van der Waals surface area (Å²) in [5.41, 5.74) is 2.81. The quantitative estimate of drug-likeness (QED) is 0.771. The van der Waals surface area contributed by atoms with Gasteiger partial charge in [-0.3, -0.25) is 9.59 Å². The second-order valence-electron chi connectivity index (χ2n) is 7.74. The molecule has 1 amide bonds. The largest absolute Gasteiger partial charge is 0.388 e. The molecular formula is C24H26N2O3. The lowest BCUT2D eigenvalue weighted by atomic mass is 9.94. The van der Waals surface area contributed by atoms with E-state index in [0.717, 1.165) is 42.7 Å². The zero-order valence-electron chi connectivity index (χ0n) is 16.5. The molecule has 1 N–H and O–H groups in total. The predicted molar refractivity (Wildman–Crippen MR) is 114 cm³/mol. The van der Waals surface area contributed by atoms with Crippen LogP contribution in [0.2, 0.25) is 0 Å². The van der Waals surface area contributed by atoms with Crippen molar-refractivity contribution in [1.82, 2.24) is 4.90 Å². The van der Waals surface area contributed by atoms with Crippen LogP contribution in [-0.4, -0.2) is 54.5 Å². The Morgan fingerprint density at radius 2 is 1.59 bits per heavy atom. The molecule has 2 aromatic carbocycles. The maximum Gasteiger partial charge on any atom is 0.233 e. The number of anilines is 1. The Balaban J connectivity index is 1.44. The summed E-state index contributed by atoms with van der Waals surface area (Å²) in [4.78, 5) is 28.9. The molecule has 2 aliphatic rings. The first kappa shape index (κ1) is 19.4. The Morgan fingerprint density at radius 3 is 2.24 bits per heavy atom. The summed E-state index contributed by atoms with van der Waals surface area (Å²) in [6.07, 6.45) is 5.03. The fourth-order valence-corrected chi connectivity index (χ4v) is 4.11. The Bertz CT molecular complexity index is 911. The van der Waals surface area contributed by atoms with Gasteiger partial charge in [0.1, 0.15) is 6.61 Å². The zero-order chi connectivity index (χ0) is 20.3. The monoisotopic (exact) mass is 390 g/mol. The molecule has 0 atom stereocenters. The summed E-state index contributed by atoms with van der Waals surface area (Å²) in [7, 11) is 0. The average Bonchev–Trinajstić information content (AvgIpc) is 3.60. The van der Waals surface area contributed by atoms with Gasteiger partial charge in [-0.1, -0.05) is 48.5 Å². The van der Waals surface area contributed by atoms with E-state index in [2.05, 4.69) is 17.0 Å². The van der Waals surface area contributed by atoms with Crippen molar-refractivity contribution in [2.24, 2.45) is 0 Å². The van der Waals surface area contributed by atoms with Crippen molar-refractivity contribution in [3.8, 4) is 0 Å². The summed E-state index contributed by atoms with van der Waals surface area (Å²) in [6, 6.07) is 18.0. The van der Waals surface area contributed by atoms with Crippen molar-refractivity contribution < 1.29 is 14.7 Å². The van der Waals surface area contributed by atoms with Gasteiger partial charge in [-0.05, 0) is 42.2 Å². The van der Waals surface area contributed by atoms with Gasteiger partial charge in [-0.25, -0.2) is 0 Å². The lowest BCUT2D eigenvalue weighted by Gasteiger charge is -2.38. The molecule has 1 saturated heterocycles. The highest BCUT2D eigenvalue weighted by molar-refractivity contribution is 5.95. The number of hydrogen-bond acceptors (Lipinski definition) is 4. The second-order valence-corrected chi connectivity index (χ2v) is 7.74. The highest BCUT2D eigenvalue weighted by Crippen LogP contribution is 2.49. The number of carbonyl (C=O) groups is 2. The molecule has 0 aromatic heterocycles. The number of benzene rings is 2. The topological polar surface area (TPSA) is 60.9 Å². The minimum Gasteiger partial charge on any atom is -0.388 e. The highest BCUT2D eigenvalue weighted by atomic mass is 16.3. The molecular weight excluding hydrogens is 364 g/mol. The van der Waals surface area contributed by atoms with Crippen molar-refractivity contribution in [2.75, 3.05) is 37.7 Å². The number of rotatable bonds is 6. The van der Waals surface area contributed by atoms with Gasteiger partial charge in [0.15, 0.2) is 5.78 Å². The van der Waals surface area contributed by atoms with Gasteiger partial charge in [-0.15, -0.1) is 0 Å². The van der Waals surface area contributed by atoms with Gasteiger partial charge in [0, 0.05) is 31.9 Å². The standard InChI is InChI=1S/C24H26N2O3/c27-18-21(28)11-10-19-6-4-5-9-22(19)25-14-16-26(17-15-25)23(29)24(12-13-24)20-7-2-1-3-8-20/h1-11,27H,12-18H2/b11-10+. The van der Waals surface area contributed by atoms with E-state index >= 15 is 0 Å². The van der Waals surface area contributed by atoms with Crippen molar-refractivity contribution in [2.45, 2.75) is 18.3 Å². The van der Waals surface area contributed by atoms with Gasteiger partial charge in [0.2, 0.25) is 5.91 Å². The van der Waals surface area contributed by atoms with Crippen LogP contribution in [-0.2, 0) is 15.0 Å². The molecule has 1 aliphatic carbocycles. The van der Waals surface area contributed by atoms with E-state index < -0.39 is 6.61 Å². The lowest BCUT2D eigenvalue weighted by Crippen LogP contribution is -2.51. The minimum atomic E-state index is -0.484. The fraction of sp³-hybridized carbons (Fsp3) is 0.333. The number of aliphatic hydroxyl groups is 1. The summed E-state index contributed by atoms with van der Waals surface area (Å²) >= 11 is 0. The Labute approximate surface area is 171 Å². The molecule has 4 rings (SSSR count). The zero-order valence-corrected chi connectivity index (χ0v) is 16.5. The number of piperazine rings is 1. The molecule has 0 spiro atoms. The van der Waals surface area contributed by atoms with E-state index in [1.165, 1.54) is 6.08 Å². The summed E-state index contributed by atoms with van der Waals surface area (Å²) < 4.78 is 0. The van der Waals surface area contributed by atoms with Crippen LogP contribution in [0.3, 0.4) is 0 Å². The number of hydrogen-bond donors (Lipinski definition) is 1. The van der Waals surface area contributed by atoms with Crippen LogP contribution in [0.4, 0.5) is 5.69 Å². The van der Waals surface area contributed by atoms with Crippen LogP contribution >= 0.6 is 0 Å². The van der Waals surface area contributed by atoms with Gasteiger partial charge in [0.25, 0.3) is 0 Å². The number of carbonyl (C=O) groups excluding carboxylic acids is 2. The van der Waals surface area contributed by atoms with E-state index in [4.69, 9.17) is 5.11 Å². The van der Waals surface area contributed by atoms with Crippen LogP contribution in [0.15, 0.2) is 60.7 Å². The molecule has 2 aromatic rings. The number of para-hydroxylation sites is 1. The van der Waals surface area contributed by atoms with Gasteiger partial charge >= 0.3 is 0 Å². The molecule has 150 valence electrons. The van der Waals surface area contributed by atoms with Gasteiger partial charge < -0.3 is 14.9 Å². The molecule has 2 fully saturated rings. The molecule has 1 saturated carbocycles. The van der Waals surface area contributed by atoms with Crippen molar-refractivity contribution in [3.63, 3.8) is 0 Å². The van der Waals surface area contributed by atoms with Crippen molar-refractivity contribution in [1.29, 1.82) is 0 Å². The van der Waals surface area contributed by atoms with E-state index in [1.807, 2.05) is 47.4 Å². The Morgan fingerprint density at radius 1 is 0.931 bits per heavy atom. The van der Waals surface area contributed by atoms with Crippen LogP contribution < -0.4 is 4.90 Å². The van der Waals surface area contributed by atoms with E-state index in [0.29, 0.717) is 13.1 Å². The number of amides is 1. The van der Waals surface area contributed by atoms with Gasteiger partial charge in [-0.2, -0.15) is 0 Å². The normalized spacial score (nSPS) is 18.1. The third kappa shape index (κ3) is 3.96. The third-order valence-corrected chi connectivity index (χ3v) is 5.93. The lowest BCUT2D eigenvalue weighted by molar-refractivity contribution is -0.134. The number of aliphatic hydroxyl groups excluding tert-OH is 1. The summed E-state index contributed by atoms with van der Waals surface area (Å²) in [5, 5.41) is 8.92. The Hall–Kier alpha value is -2.92. The minimum absolute atomic E-state index is 0.255. The molecule has 1 heterocycles. The SMILES string of the molecule is O=C(/C=C/c1ccccc1N1CCN(C(=O)C2(c3ccccc3)CC2)CC1)CO. The fourth-order valence-electron chi connectivity index (χ4n) is 4.11. The molecule has 5 nitrogen and oxygen atoms in total. The molecule has 5 heteroatoms. The molecule has 0 radical (unpaired) electrons. The van der Waals surface area contributed by atoms with Gasteiger partial charge in [0.05, 0.1) is 5.41 Å². The number of nitrogens with zero attached hydrogens (tertiary/aromatic N) is 2. The van der Waals surface area contributed by atoms with Crippen LogP contribution in [0, 0.1) is 0 Å². The second kappa shape index (κ2) is 8.21. The van der Waals surface area contributed by atoms with Crippen molar-refractivity contribution >= 4 is 23.5 Å². The summed E-state index contributed by atoms with van der Waals surface area (Å²) in [5.74, 6) is -0.0593. The maximum absolute atomic E-state index is 13.2. The molecule has 1 aliphatic heterocycles. The average molecular weight is 390 g/mol. The van der Waals surface area contributed by atoms with E-state index in [-0.39, 0.29) is 17.1 Å². The smallest absolute Gasteiger partial charge is 0.233 e. The summed E-state index contributed by atoms with van der Waals surface area (Å²) in [6.45, 7) is 2.43. The first-order chi connectivity index (χ1) is 14.1. The first-order valence-electron chi connectivity index (χ1n) is 10.1. The van der Waals surface area contributed by atoms with E-state index in [9.17, 15) is 9.59 Å². The third-order valence-electron chi connectivity index (χ3n) is 5.93. The van der Waals surface area contributed by atoms with Crippen molar-refractivity contribution in [3.05, 3.63) is 71.8 Å². The van der Waals surface area contributed by atoms with Crippen LogP contribution in [0.1, 0.15) is 24.0 Å². The molecule has 0 bridgehead atoms.